The second-order valence-corrected chi connectivity index (χ2v) is 9.08. The van der Waals surface area contributed by atoms with Crippen molar-refractivity contribution >= 4 is 5.78 Å². The maximum atomic E-state index is 12.6. The molecule has 4 rings (SSSR count). The van der Waals surface area contributed by atoms with Crippen LogP contribution in [-0.4, -0.2) is 28.7 Å². The molecule has 2 fully saturated rings. The molecule has 1 aromatic rings. The van der Waals surface area contributed by atoms with Crippen molar-refractivity contribution in [2.45, 2.75) is 64.4 Å². The number of carbonyl (C=O) groups is 1. The van der Waals surface area contributed by atoms with E-state index >= 15 is 0 Å². The van der Waals surface area contributed by atoms with Crippen LogP contribution in [0.3, 0.4) is 0 Å². The van der Waals surface area contributed by atoms with E-state index in [1.54, 1.807) is 0 Å². The van der Waals surface area contributed by atoms with E-state index in [9.17, 15) is 15.0 Å². The van der Waals surface area contributed by atoms with Crippen LogP contribution < -0.4 is 0 Å². The fraction of sp³-hybridized carbons (Fsp3) is 0.750. The second kappa shape index (κ2) is 4.95. The van der Waals surface area contributed by atoms with E-state index in [4.69, 9.17) is 4.42 Å². The van der Waals surface area contributed by atoms with Crippen LogP contribution in [0.15, 0.2) is 16.9 Å². The number of ketones is 1. The molecule has 0 aromatic carbocycles. The largest absolute Gasteiger partial charge is 0.472 e. The predicted octanol–water partition coefficient (Wildman–Crippen LogP) is 2.85. The van der Waals surface area contributed by atoms with Crippen LogP contribution in [0.1, 0.15) is 57.6 Å². The highest BCUT2D eigenvalue weighted by molar-refractivity contribution is 5.90. The van der Waals surface area contributed by atoms with E-state index < -0.39 is 11.5 Å². The highest BCUT2D eigenvalue weighted by Gasteiger charge is 2.64. The molecule has 2 saturated carbocycles. The Hall–Kier alpha value is -1.13. The van der Waals surface area contributed by atoms with Crippen molar-refractivity contribution < 1.29 is 19.4 Å². The van der Waals surface area contributed by atoms with Crippen LogP contribution in [0.2, 0.25) is 0 Å². The van der Waals surface area contributed by atoms with Gasteiger partial charge in [-0.1, -0.05) is 20.8 Å². The Bertz CT molecular complexity index is 679. The van der Waals surface area contributed by atoms with Crippen LogP contribution in [0.25, 0.3) is 0 Å². The summed E-state index contributed by atoms with van der Waals surface area (Å²) >= 11 is 0. The maximum Gasteiger partial charge on any atom is 0.169 e. The summed E-state index contributed by atoms with van der Waals surface area (Å²) in [6.45, 7) is 6.25. The summed E-state index contributed by atoms with van der Waals surface area (Å²) in [5.41, 5.74) is 1.68. The van der Waals surface area contributed by atoms with Gasteiger partial charge >= 0.3 is 0 Å². The first-order chi connectivity index (χ1) is 11.3. The molecule has 0 saturated heterocycles. The van der Waals surface area contributed by atoms with E-state index in [0.29, 0.717) is 12.3 Å². The fourth-order valence-electron chi connectivity index (χ4n) is 6.79. The van der Waals surface area contributed by atoms with Crippen molar-refractivity contribution in [2.24, 2.45) is 22.7 Å². The third-order valence-electron chi connectivity index (χ3n) is 7.97. The summed E-state index contributed by atoms with van der Waals surface area (Å²) < 4.78 is 5.51. The zero-order valence-corrected chi connectivity index (χ0v) is 14.8. The van der Waals surface area contributed by atoms with Crippen molar-refractivity contribution in [2.75, 3.05) is 6.61 Å². The van der Waals surface area contributed by atoms with Crippen molar-refractivity contribution in [3.63, 3.8) is 0 Å². The molecule has 0 bridgehead atoms. The van der Waals surface area contributed by atoms with Gasteiger partial charge < -0.3 is 14.6 Å². The Morgan fingerprint density at radius 3 is 2.67 bits per heavy atom. The maximum absolute atomic E-state index is 12.6. The molecular weight excluding hydrogens is 304 g/mol. The zero-order valence-electron chi connectivity index (χ0n) is 14.8. The molecule has 3 aliphatic rings. The Morgan fingerprint density at radius 1 is 1.21 bits per heavy atom. The van der Waals surface area contributed by atoms with Gasteiger partial charge in [-0.3, -0.25) is 4.79 Å². The number of rotatable bonds is 1. The van der Waals surface area contributed by atoms with Gasteiger partial charge in [-0.05, 0) is 65.9 Å². The lowest BCUT2D eigenvalue weighted by atomic mass is 9.40. The smallest absolute Gasteiger partial charge is 0.169 e. The van der Waals surface area contributed by atoms with E-state index in [2.05, 4.69) is 13.8 Å². The van der Waals surface area contributed by atoms with E-state index in [1.165, 1.54) is 11.1 Å². The zero-order chi connectivity index (χ0) is 17.3. The molecule has 4 nitrogen and oxygen atoms in total. The number of fused-ring (bicyclic) bond motifs is 5. The lowest BCUT2D eigenvalue weighted by Crippen LogP contribution is -2.64. The van der Waals surface area contributed by atoms with Crippen molar-refractivity contribution in [3.05, 3.63) is 23.7 Å². The van der Waals surface area contributed by atoms with Crippen LogP contribution in [-0.2, 0) is 16.6 Å². The minimum absolute atomic E-state index is 0.0301. The molecule has 0 unspecified atom stereocenters. The number of aryl methyl sites for hydroxylation is 1. The molecule has 4 heteroatoms. The molecule has 3 aliphatic carbocycles. The van der Waals surface area contributed by atoms with Gasteiger partial charge in [0.05, 0.1) is 24.5 Å². The van der Waals surface area contributed by atoms with Crippen LogP contribution in [0.5, 0.6) is 0 Å². The van der Waals surface area contributed by atoms with Crippen LogP contribution >= 0.6 is 0 Å². The fourth-order valence-corrected chi connectivity index (χ4v) is 6.79. The first-order valence-electron chi connectivity index (χ1n) is 9.16. The topological polar surface area (TPSA) is 70.7 Å². The standard InChI is InChI=1S/C20H28O4/c1-18-7-6-16-19(2,8-14(22)17(23)20(16,3)11-21)15(18)5-4-12-9-24-10-13(12)18/h9-10,14-16,21-22H,4-8,11H2,1-3H3/t14-,15+,16-,18+,19-,20-/m1/s1. The monoisotopic (exact) mass is 332 g/mol. The molecule has 0 spiro atoms. The van der Waals surface area contributed by atoms with E-state index in [0.717, 1.165) is 25.7 Å². The average Bonchev–Trinajstić information content (AvgIpc) is 3.02. The summed E-state index contributed by atoms with van der Waals surface area (Å²) in [6.07, 6.45) is 7.29. The molecule has 24 heavy (non-hydrogen) atoms. The van der Waals surface area contributed by atoms with Crippen LogP contribution in [0.4, 0.5) is 0 Å². The number of aliphatic hydroxyl groups is 2. The quantitative estimate of drug-likeness (QED) is 0.829. The SMILES string of the molecule is C[C@]12C[C@@H](O)C(=O)[C@](C)(CO)[C@@H]1CC[C@@]1(C)c3cocc3CC[C@H]21. The third kappa shape index (κ3) is 1.79. The molecule has 0 aliphatic heterocycles. The van der Waals surface area contributed by atoms with Gasteiger partial charge in [0.15, 0.2) is 5.78 Å². The second-order valence-electron chi connectivity index (χ2n) is 9.08. The third-order valence-corrected chi connectivity index (χ3v) is 7.97. The number of carbonyl (C=O) groups excluding carboxylic acids is 1. The molecular formula is C20H28O4. The summed E-state index contributed by atoms with van der Waals surface area (Å²) in [7, 11) is 0. The molecule has 6 atom stereocenters. The minimum atomic E-state index is -0.962. The minimum Gasteiger partial charge on any atom is -0.472 e. The lowest BCUT2D eigenvalue weighted by Gasteiger charge is -2.64. The molecule has 0 amide bonds. The van der Waals surface area contributed by atoms with Gasteiger partial charge in [0.25, 0.3) is 0 Å². The number of furan rings is 1. The van der Waals surface area contributed by atoms with Gasteiger partial charge in [0, 0.05) is 0 Å². The Balaban J connectivity index is 1.82. The highest BCUT2D eigenvalue weighted by atomic mass is 16.3. The van der Waals surface area contributed by atoms with Gasteiger partial charge in [0.1, 0.15) is 6.10 Å². The van der Waals surface area contributed by atoms with Crippen molar-refractivity contribution in [1.29, 1.82) is 0 Å². The van der Waals surface area contributed by atoms with Gasteiger partial charge in [-0.15, -0.1) is 0 Å². The summed E-state index contributed by atoms with van der Waals surface area (Å²) in [4.78, 5) is 12.6. The normalized spacial score (nSPS) is 47.7. The first-order valence-corrected chi connectivity index (χ1v) is 9.16. The predicted molar refractivity (Wildman–Crippen MR) is 89.5 cm³/mol. The average molecular weight is 332 g/mol. The molecule has 2 N–H and O–H groups in total. The highest BCUT2D eigenvalue weighted by Crippen LogP contribution is 2.66. The lowest BCUT2D eigenvalue weighted by molar-refractivity contribution is -0.179. The van der Waals surface area contributed by atoms with Gasteiger partial charge in [-0.25, -0.2) is 0 Å². The number of Topliss-reactive ketones (excluding diaryl/α,β-unsaturated/α-hetero) is 1. The Kier molecular flexibility index (Phi) is 3.37. The summed E-state index contributed by atoms with van der Waals surface area (Å²) in [5.74, 6) is 0.343. The Morgan fingerprint density at radius 2 is 1.96 bits per heavy atom. The molecule has 1 heterocycles. The number of hydrogen-bond acceptors (Lipinski definition) is 4. The number of aliphatic hydroxyl groups excluding tert-OH is 2. The van der Waals surface area contributed by atoms with E-state index in [-0.39, 0.29) is 29.1 Å². The first kappa shape index (κ1) is 16.3. The summed E-state index contributed by atoms with van der Waals surface area (Å²) in [5, 5.41) is 20.5. The molecule has 132 valence electrons. The van der Waals surface area contributed by atoms with Crippen molar-refractivity contribution in [1.82, 2.24) is 0 Å². The van der Waals surface area contributed by atoms with Gasteiger partial charge in [-0.2, -0.15) is 0 Å². The molecule has 1 aromatic heterocycles. The van der Waals surface area contributed by atoms with Crippen molar-refractivity contribution in [3.8, 4) is 0 Å². The van der Waals surface area contributed by atoms with Crippen LogP contribution in [0, 0.1) is 22.7 Å². The van der Waals surface area contributed by atoms with Gasteiger partial charge in [0.2, 0.25) is 0 Å². The Labute approximate surface area is 143 Å². The molecule has 0 radical (unpaired) electrons. The number of hydrogen-bond donors (Lipinski definition) is 2. The summed E-state index contributed by atoms with van der Waals surface area (Å²) in [6, 6.07) is 0. The van der Waals surface area contributed by atoms with E-state index in [1.807, 2.05) is 19.5 Å².